The van der Waals surface area contributed by atoms with Crippen LogP contribution in [0.3, 0.4) is 0 Å². The van der Waals surface area contributed by atoms with Crippen molar-refractivity contribution in [2.24, 2.45) is 17.3 Å². The fourth-order valence-electron chi connectivity index (χ4n) is 5.33. The molecule has 0 radical (unpaired) electrons. The van der Waals surface area contributed by atoms with Crippen LogP contribution in [0.4, 0.5) is 0 Å². The highest BCUT2D eigenvalue weighted by Crippen LogP contribution is 2.41. The molecule has 2 aliphatic rings. The number of hydrogen-bond acceptors (Lipinski definition) is 2. The number of nitrogens with one attached hydrogen (secondary N) is 1. The van der Waals surface area contributed by atoms with Gasteiger partial charge in [-0.2, -0.15) is 0 Å². The Morgan fingerprint density at radius 2 is 1.90 bits per heavy atom. The molecule has 1 unspecified atom stereocenters. The van der Waals surface area contributed by atoms with Crippen LogP contribution in [0.5, 0.6) is 0 Å². The molecule has 3 rings (SSSR count). The van der Waals surface area contributed by atoms with E-state index < -0.39 is 0 Å². The largest absolute Gasteiger partial charge is 0.312 e. The zero-order valence-corrected chi connectivity index (χ0v) is 21.0. The van der Waals surface area contributed by atoms with Gasteiger partial charge in [-0.15, -0.1) is 11.6 Å². The van der Waals surface area contributed by atoms with Gasteiger partial charge in [0.1, 0.15) is 0 Å². The van der Waals surface area contributed by atoms with Crippen molar-refractivity contribution in [3.05, 3.63) is 59.7 Å². The maximum Gasteiger partial charge on any atom is 0.0553 e. The minimum Gasteiger partial charge on any atom is -0.312 e. The number of benzene rings is 1. The summed E-state index contributed by atoms with van der Waals surface area (Å²) in [5, 5.41) is 4.07. The first kappa shape index (κ1) is 24.6. The summed E-state index contributed by atoms with van der Waals surface area (Å²) in [7, 11) is 0. The van der Waals surface area contributed by atoms with E-state index in [1.54, 1.807) is 0 Å². The molecular formula is C28H43ClN2. The van der Waals surface area contributed by atoms with Gasteiger partial charge >= 0.3 is 0 Å². The lowest BCUT2D eigenvalue weighted by atomic mass is 9.69. The summed E-state index contributed by atoms with van der Waals surface area (Å²) in [5.41, 5.74) is 3.24. The predicted octanol–water partition coefficient (Wildman–Crippen LogP) is 6.64. The lowest BCUT2D eigenvalue weighted by molar-refractivity contribution is 0.0631. The molecular weight excluding hydrogens is 400 g/mol. The minimum atomic E-state index is 0.175. The standard InChI is InChI=1S/C28H43ClN2/c1-21(2)27(30-17-15-22(3)23-9-7-6-8-10-23)19-31-18-16-26(28(4,5)20-31)24-11-13-25(29)14-12-24/h6-13,21-22,25-27,30H,14-20H2,1-5H3/t22-,25?,26-,27+/m1/s1. The minimum absolute atomic E-state index is 0.175. The first-order chi connectivity index (χ1) is 14.8. The lowest BCUT2D eigenvalue weighted by Gasteiger charge is -2.46. The number of nitrogens with zero attached hydrogens (tertiary/aromatic N) is 1. The summed E-state index contributed by atoms with van der Waals surface area (Å²) in [6.07, 6.45) is 10.2. The highest BCUT2D eigenvalue weighted by molar-refractivity contribution is 6.22. The van der Waals surface area contributed by atoms with Crippen LogP contribution in [0.25, 0.3) is 0 Å². The average molecular weight is 443 g/mol. The van der Waals surface area contributed by atoms with E-state index in [2.05, 4.69) is 93.4 Å². The molecule has 0 saturated carbocycles. The van der Waals surface area contributed by atoms with Gasteiger partial charge in [-0.3, -0.25) is 0 Å². The number of allylic oxidation sites excluding steroid dienone is 4. The second kappa shape index (κ2) is 11.2. The fourth-order valence-corrected chi connectivity index (χ4v) is 5.50. The molecule has 3 heteroatoms. The van der Waals surface area contributed by atoms with Gasteiger partial charge in [0.2, 0.25) is 0 Å². The van der Waals surface area contributed by atoms with E-state index >= 15 is 0 Å². The van der Waals surface area contributed by atoms with E-state index in [1.165, 1.54) is 37.1 Å². The number of halogens is 1. The molecule has 1 saturated heterocycles. The van der Waals surface area contributed by atoms with Crippen LogP contribution in [0.1, 0.15) is 65.4 Å². The van der Waals surface area contributed by atoms with Gasteiger partial charge < -0.3 is 10.2 Å². The summed E-state index contributed by atoms with van der Waals surface area (Å²) < 4.78 is 0. The van der Waals surface area contributed by atoms with E-state index in [0.29, 0.717) is 23.8 Å². The van der Waals surface area contributed by atoms with Crippen LogP contribution in [0, 0.1) is 17.3 Å². The van der Waals surface area contributed by atoms with Crippen molar-refractivity contribution in [3.63, 3.8) is 0 Å². The second-order valence-electron chi connectivity index (χ2n) is 10.8. The van der Waals surface area contributed by atoms with Crippen LogP contribution < -0.4 is 5.32 Å². The Morgan fingerprint density at radius 1 is 1.16 bits per heavy atom. The number of alkyl halides is 1. The number of piperidine rings is 1. The lowest BCUT2D eigenvalue weighted by Crippen LogP contribution is -2.52. The third kappa shape index (κ3) is 6.94. The molecule has 0 bridgehead atoms. The van der Waals surface area contributed by atoms with Crippen LogP contribution in [0.15, 0.2) is 54.1 Å². The van der Waals surface area contributed by atoms with Crippen LogP contribution in [0.2, 0.25) is 0 Å². The average Bonchev–Trinajstić information content (AvgIpc) is 2.74. The molecule has 0 aromatic heterocycles. The molecule has 1 aromatic rings. The van der Waals surface area contributed by atoms with Gasteiger partial charge in [0, 0.05) is 19.1 Å². The van der Waals surface area contributed by atoms with Crippen molar-refractivity contribution in [1.29, 1.82) is 0 Å². The zero-order chi connectivity index (χ0) is 22.4. The molecule has 1 aliphatic carbocycles. The van der Waals surface area contributed by atoms with Crippen molar-refractivity contribution < 1.29 is 0 Å². The van der Waals surface area contributed by atoms with Crippen LogP contribution in [-0.4, -0.2) is 42.5 Å². The summed E-state index contributed by atoms with van der Waals surface area (Å²) in [5.74, 6) is 1.87. The van der Waals surface area contributed by atoms with E-state index in [4.69, 9.17) is 11.6 Å². The van der Waals surface area contributed by atoms with Gasteiger partial charge in [0.25, 0.3) is 0 Å². The number of hydrogen-bond donors (Lipinski definition) is 1. The Morgan fingerprint density at radius 3 is 2.52 bits per heavy atom. The molecule has 1 fully saturated rings. The quantitative estimate of drug-likeness (QED) is 0.431. The summed E-state index contributed by atoms with van der Waals surface area (Å²) >= 11 is 6.25. The molecule has 2 nitrogen and oxygen atoms in total. The van der Waals surface area contributed by atoms with Crippen molar-refractivity contribution in [2.45, 2.75) is 71.2 Å². The SMILES string of the molecule is CC(C)[C@H](CN1CC[C@H](C2=CCC(Cl)C=C2)C(C)(C)C1)NCC[C@@H](C)c1ccccc1. The molecule has 1 aromatic carbocycles. The molecule has 1 aliphatic heterocycles. The Bertz CT molecular complexity index is 737. The number of likely N-dealkylation sites (tertiary alicyclic amines) is 1. The highest BCUT2D eigenvalue weighted by Gasteiger charge is 2.38. The van der Waals surface area contributed by atoms with Gasteiger partial charge in [0.05, 0.1) is 5.38 Å². The van der Waals surface area contributed by atoms with Crippen molar-refractivity contribution in [1.82, 2.24) is 10.2 Å². The Balaban J connectivity index is 1.51. The fraction of sp³-hybridized carbons (Fsp3) is 0.643. The van der Waals surface area contributed by atoms with E-state index in [-0.39, 0.29) is 10.8 Å². The third-order valence-corrected chi connectivity index (χ3v) is 7.72. The first-order valence-corrected chi connectivity index (χ1v) is 12.7. The van der Waals surface area contributed by atoms with E-state index in [0.717, 1.165) is 19.5 Å². The van der Waals surface area contributed by atoms with Gasteiger partial charge in [-0.1, -0.05) is 83.2 Å². The molecule has 0 amide bonds. The summed E-state index contributed by atoms with van der Waals surface area (Å²) in [6, 6.07) is 11.4. The van der Waals surface area contributed by atoms with Gasteiger partial charge in [-0.05, 0) is 66.7 Å². The molecule has 0 spiro atoms. The summed E-state index contributed by atoms with van der Waals surface area (Å²) in [4.78, 5) is 2.70. The Hall–Kier alpha value is -1.09. The number of rotatable bonds is 9. The molecule has 1 N–H and O–H groups in total. The Labute approximate surface area is 196 Å². The Kier molecular flexibility index (Phi) is 8.84. The third-order valence-electron chi connectivity index (χ3n) is 7.40. The monoisotopic (exact) mass is 442 g/mol. The van der Waals surface area contributed by atoms with Gasteiger partial charge in [-0.25, -0.2) is 0 Å². The van der Waals surface area contributed by atoms with Crippen molar-refractivity contribution in [2.75, 3.05) is 26.2 Å². The maximum absolute atomic E-state index is 6.25. The van der Waals surface area contributed by atoms with Crippen molar-refractivity contribution >= 4 is 11.6 Å². The van der Waals surface area contributed by atoms with E-state index in [1.807, 2.05) is 0 Å². The predicted molar refractivity (Wildman–Crippen MR) is 136 cm³/mol. The van der Waals surface area contributed by atoms with Crippen LogP contribution in [-0.2, 0) is 0 Å². The molecule has 31 heavy (non-hydrogen) atoms. The molecule has 4 atom stereocenters. The van der Waals surface area contributed by atoms with Crippen molar-refractivity contribution in [3.8, 4) is 0 Å². The smallest absolute Gasteiger partial charge is 0.0553 e. The first-order valence-electron chi connectivity index (χ1n) is 12.3. The maximum atomic E-state index is 6.25. The zero-order valence-electron chi connectivity index (χ0n) is 20.3. The normalized spacial score (nSPS) is 26.0. The molecule has 172 valence electrons. The van der Waals surface area contributed by atoms with Crippen LogP contribution >= 0.6 is 11.6 Å². The second-order valence-corrected chi connectivity index (χ2v) is 11.3. The van der Waals surface area contributed by atoms with Gasteiger partial charge in [0.15, 0.2) is 0 Å². The topological polar surface area (TPSA) is 15.3 Å². The summed E-state index contributed by atoms with van der Waals surface area (Å²) in [6.45, 7) is 16.5. The highest BCUT2D eigenvalue weighted by atomic mass is 35.5. The molecule has 1 heterocycles. The van der Waals surface area contributed by atoms with E-state index in [9.17, 15) is 0 Å².